The van der Waals surface area contributed by atoms with Gasteiger partial charge in [-0.25, -0.2) is 0 Å². The van der Waals surface area contributed by atoms with Gasteiger partial charge >= 0.3 is 5.92 Å². The van der Waals surface area contributed by atoms with Gasteiger partial charge in [-0.2, -0.15) is 8.78 Å². The van der Waals surface area contributed by atoms with Crippen molar-refractivity contribution in [2.45, 2.75) is 37.6 Å². The Hall–Kier alpha value is -1.20. The Morgan fingerprint density at radius 1 is 1.13 bits per heavy atom. The van der Waals surface area contributed by atoms with Gasteiger partial charge < -0.3 is 10.2 Å². The molecule has 0 bridgehead atoms. The van der Waals surface area contributed by atoms with E-state index in [1.54, 1.807) is 6.07 Å². The number of hydrogen-bond donors (Lipinski definition) is 1. The number of nitrogens with zero attached hydrogens (tertiary/aromatic N) is 1. The summed E-state index contributed by atoms with van der Waals surface area (Å²) in [5.41, 5.74) is -0.228. The molecular formula is C17H23ClF2N2O. The highest BCUT2D eigenvalue weighted by Gasteiger charge is 2.44. The molecule has 3 nitrogen and oxygen atoms in total. The monoisotopic (exact) mass is 344 g/mol. The van der Waals surface area contributed by atoms with Crippen molar-refractivity contribution in [3.05, 3.63) is 35.9 Å². The first-order valence-corrected chi connectivity index (χ1v) is 8.03. The molecule has 0 radical (unpaired) electrons. The summed E-state index contributed by atoms with van der Waals surface area (Å²) >= 11 is 0. The Bertz CT molecular complexity index is 515. The standard InChI is InChI=1S/C17H22F2N2O.ClH/c18-17(19,14-4-2-1-3-5-14)16(22)21-10-8-15(9-11-21)20-12-13-6-7-13;/h1-5,13,15,20H,6-12H2;1H. The molecular weight excluding hydrogens is 322 g/mol. The number of rotatable bonds is 5. The van der Waals surface area contributed by atoms with E-state index < -0.39 is 11.8 Å². The maximum atomic E-state index is 14.3. The molecule has 1 saturated carbocycles. The molecule has 3 rings (SSSR count). The minimum Gasteiger partial charge on any atom is -0.337 e. The van der Waals surface area contributed by atoms with Crippen LogP contribution in [0, 0.1) is 5.92 Å². The van der Waals surface area contributed by atoms with Crippen LogP contribution in [0.2, 0.25) is 0 Å². The third-order valence-corrected chi connectivity index (χ3v) is 4.58. The molecule has 1 saturated heterocycles. The van der Waals surface area contributed by atoms with Crippen molar-refractivity contribution in [1.29, 1.82) is 0 Å². The fraction of sp³-hybridized carbons (Fsp3) is 0.588. The minimum atomic E-state index is -3.43. The van der Waals surface area contributed by atoms with Crippen LogP contribution in [0.15, 0.2) is 30.3 Å². The molecule has 6 heteroatoms. The number of benzene rings is 1. The molecule has 1 N–H and O–H groups in total. The maximum Gasteiger partial charge on any atom is 0.349 e. The van der Waals surface area contributed by atoms with Crippen LogP contribution in [0.5, 0.6) is 0 Å². The van der Waals surface area contributed by atoms with Crippen LogP contribution in [-0.4, -0.2) is 36.5 Å². The SMILES string of the molecule is Cl.O=C(N1CCC(NCC2CC2)CC1)C(F)(F)c1ccccc1. The topological polar surface area (TPSA) is 32.3 Å². The molecule has 1 aromatic rings. The first-order chi connectivity index (χ1) is 10.6. The summed E-state index contributed by atoms with van der Waals surface area (Å²) in [6.07, 6.45) is 4.11. The van der Waals surface area contributed by atoms with Crippen molar-refractivity contribution in [3.63, 3.8) is 0 Å². The highest BCUT2D eigenvalue weighted by molar-refractivity contribution is 5.85. The smallest absolute Gasteiger partial charge is 0.337 e. The molecule has 1 aromatic carbocycles. The highest BCUT2D eigenvalue weighted by Crippen LogP contribution is 2.31. The predicted octanol–water partition coefficient (Wildman–Crippen LogP) is 3.19. The van der Waals surface area contributed by atoms with Crippen LogP contribution < -0.4 is 5.32 Å². The van der Waals surface area contributed by atoms with Gasteiger partial charge in [0.2, 0.25) is 0 Å². The van der Waals surface area contributed by atoms with Crippen LogP contribution >= 0.6 is 12.4 Å². The zero-order chi connectivity index (χ0) is 15.6. The number of nitrogens with one attached hydrogen (secondary N) is 1. The Kier molecular flexibility index (Phi) is 5.98. The van der Waals surface area contributed by atoms with Crippen LogP contribution in [0.1, 0.15) is 31.2 Å². The molecule has 1 aliphatic carbocycles. The third kappa shape index (κ3) is 4.42. The average molecular weight is 345 g/mol. The number of hydrogen-bond acceptors (Lipinski definition) is 2. The van der Waals surface area contributed by atoms with Gasteiger partial charge in [0.15, 0.2) is 0 Å². The van der Waals surface area contributed by atoms with Gasteiger partial charge in [0.25, 0.3) is 5.91 Å². The molecule has 2 aliphatic rings. The van der Waals surface area contributed by atoms with Gasteiger partial charge in [-0.05, 0) is 38.1 Å². The fourth-order valence-electron chi connectivity index (χ4n) is 2.91. The lowest BCUT2D eigenvalue weighted by Crippen LogP contribution is -2.49. The van der Waals surface area contributed by atoms with E-state index in [4.69, 9.17) is 0 Å². The number of piperidine rings is 1. The number of amides is 1. The molecule has 1 heterocycles. The fourth-order valence-corrected chi connectivity index (χ4v) is 2.91. The second kappa shape index (κ2) is 7.58. The summed E-state index contributed by atoms with van der Waals surface area (Å²) in [6.45, 7) is 1.84. The first-order valence-electron chi connectivity index (χ1n) is 8.03. The van der Waals surface area contributed by atoms with Crippen molar-refractivity contribution < 1.29 is 13.6 Å². The number of alkyl halides is 2. The summed E-state index contributed by atoms with van der Waals surface area (Å²) in [5.74, 6) is -3.70. The van der Waals surface area contributed by atoms with E-state index in [2.05, 4.69) is 5.32 Å². The average Bonchev–Trinajstić information content (AvgIpc) is 3.38. The summed E-state index contributed by atoms with van der Waals surface area (Å²) in [6, 6.07) is 7.70. The van der Waals surface area contributed by atoms with Gasteiger partial charge in [0.05, 0.1) is 0 Å². The van der Waals surface area contributed by atoms with Crippen LogP contribution in [0.25, 0.3) is 0 Å². The van der Waals surface area contributed by atoms with E-state index in [1.807, 2.05) is 0 Å². The van der Waals surface area contributed by atoms with Gasteiger partial charge in [-0.3, -0.25) is 4.79 Å². The van der Waals surface area contributed by atoms with Crippen LogP contribution in [0.4, 0.5) is 8.78 Å². The molecule has 1 aliphatic heterocycles. The zero-order valence-corrected chi connectivity index (χ0v) is 13.8. The van der Waals surface area contributed by atoms with Crippen LogP contribution in [-0.2, 0) is 10.7 Å². The van der Waals surface area contributed by atoms with E-state index in [0.29, 0.717) is 19.1 Å². The predicted molar refractivity (Wildman–Crippen MR) is 87.9 cm³/mol. The van der Waals surface area contributed by atoms with E-state index >= 15 is 0 Å². The highest BCUT2D eigenvalue weighted by atomic mass is 35.5. The minimum absolute atomic E-state index is 0. The molecule has 0 spiro atoms. The van der Waals surface area contributed by atoms with Crippen molar-refractivity contribution in [2.75, 3.05) is 19.6 Å². The molecule has 1 amide bonds. The number of likely N-dealkylation sites (tertiary alicyclic amines) is 1. The molecule has 128 valence electrons. The number of carbonyl (C=O) groups is 1. The van der Waals surface area contributed by atoms with E-state index in [1.165, 1.54) is 42.0 Å². The van der Waals surface area contributed by atoms with Crippen molar-refractivity contribution in [2.24, 2.45) is 5.92 Å². The maximum absolute atomic E-state index is 14.3. The molecule has 0 unspecified atom stereocenters. The van der Waals surface area contributed by atoms with Crippen molar-refractivity contribution in [1.82, 2.24) is 10.2 Å². The van der Waals surface area contributed by atoms with Gasteiger partial charge in [-0.1, -0.05) is 30.3 Å². The van der Waals surface area contributed by atoms with Gasteiger partial charge in [0.1, 0.15) is 0 Å². The normalized spacial score (nSPS) is 19.3. The Balaban J connectivity index is 0.00000192. The quantitative estimate of drug-likeness (QED) is 0.889. The molecule has 0 aromatic heterocycles. The summed E-state index contributed by atoms with van der Waals surface area (Å²) in [4.78, 5) is 13.5. The Morgan fingerprint density at radius 2 is 1.74 bits per heavy atom. The number of halogens is 3. The van der Waals surface area contributed by atoms with Crippen LogP contribution in [0.3, 0.4) is 0 Å². The lowest BCUT2D eigenvalue weighted by Gasteiger charge is -2.34. The van der Waals surface area contributed by atoms with Crippen molar-refractivity contribution >= 4 is 18.3 Å². The van der Waals surface area contributed by atoms with Crippen molar-refractivity contribution in [3.8, 4) is 0 Å². The number of carbonyl (C=O) groups excluding carboxylic acids is 1. The lowest BCUT2D eigenvalue weighted by molar-refractivity contribution is -0.160. The van der Waals surface area contributed by atoms with E-state index in [0.717, 1.165) is 25.3 Å². The second-order valence-electron chi connectivity index (χ2n) is 6.36. The molecule has 23 heavy (non-hydrogen) atoms. The van der Waals surface area contributed by atoms with E-state index in [9.17, 15) is 13.6 Å². The van der Waals surface area contributed by atoms with Gasteiger partial charge in [0, 0.05) is 24.7 Å². The largest absolute Gasteiger partial charge is 0.349 e. The lowest BCUT2D eigenvalue weighted by atomic mass is 10.0. The molecule has 2 fully saturated rings. The zero-order valence-electron chi connectivity index (χ0n) is 13.0. The Labute approximate surface area is 141 Å². The van der Waals surface area contributed by atoms with Gasteiger partial charge in [-0.15, -0.1) is 12.4 Å². The summed E-state index contributed by atoms with van der Waals surface area (Å²) in [5, 5.41) is 3.49. The summed E-state index contributed by atoms with van der Waals surface area (Å²) in [7, 11) is 0. The third-order valence-electron chi connectivity index (χ3n) is 4.58. The second-order valence-corrected chi connectivity index (χ2v) is 6.36. The Morgan fingerprint density at radius 3 is 2.30 bits per heavy atom. The van der Waals surface area contributed by atoms with E-state index in [-0.39, 0.29) is 18.0 Å². The first kappa shape index (κ1) is 18.1. The molecule has 0 atom stereocenters. The summed E-state index contributed by atoms with van der Waals surface area (Å²) < 4.78 is 28.6.